The van der Waals surface area contributed by atoms with Crippen molar-refractivity contribution >= 4 is 16.0 Å². The number of nitrogens with one attached hydrogen (secondary N) is 1. The van der Waals surface area contributed by atoms with Gasteiger partial charge >= 0.3 is 0 Å². The molecule has 0 aliphatic heterocycles. The molecule has 118 valence electrons. The maximum Gasteiger partial charge on any atom is 0.265 e. The van der Waals surface area contributed by atoms with Crippen molar-refractivity contribution in [1.82, 2.24) is 5.32 Å². The van der Waals surface area contributed by atoms with E-state index in [2.05, 4.69) is 25.7 Å². The van der Waals surface area contributed by atoms with Crippen LogP contribution in [0.2, 0.25) is 0 Å². The summed E-state index contributed by atoms with van der Waals surface area (Å²) in [6.45, 7) is 10.3. The minimum atomic E-state index is -3.93. The largest absolute Gasteiger partial charge is 0.307 e. The monoisotopic (exact) mass is 307 g/mol. The van der Waals surface area contributed by atoms with Gasteiger partial charge in [-0.25, -0.2) is 0 Å². The van der Waals surface area contributed by atoms with Crippen molar-refractivity contribution in [3.8, 4) is 0 Å². The standard InChI is InChI=1S/C13H26N2O4S/c1-4-8-15(9-5-2,12-14-13(16)6-3)10-7-11-20(17,18)19/h6H,3-5,7-12H2,1-2H3,(H-,14,16,17,18,19)/p+1. The number of carbonyl (C=O) groups is 1. The molecule has 0 aliphatic carbocycles. The lowest BCUT2D eigenvalue weighted by atomic mass is 10.2. The van der Waals surface area contributed by atoms with Crippen LogP contribution in [0.1, 0.15) is 33.1 Å². The lowest BCUT2D eigenvalue weighted by Gasteiger charge is -2.38. The number of carbonyl (C=O) groups excluding carboxylic acids is 1. The predicted molar refractivity (Wildman–Crippen MR) is 79.7 cm³/mol. The number of hydrogen-bond donors (Lipinski definition) is 2. The number of nitrogens with zero attached hydrogens (tertiary/aromatic N) is 1. The maximum atomic E-state index is 11.3. The van der Waals surface area contributed by atoms with Gasteiger partial charge in [0, 0.05) is 6.42 Å². The van der Waals surface area contributed by atoms with Crippen LogP contribution in [0.15, 0.2) is 12.7 Å². The van der Waals surface area contributed by atoms with Crippen LogP contribution in [-0.2, 0) is 14.9 Å². The highest BCUT2D eigenvalue weighted by molar-refractivity contribution is 7.85. The molecular formula is C13H27N2O4S+. The molecule has 0 bridgehead atoms. The highest BCUT2D eigenvalue weighted by atomic mass is 32.2. The van der Waals surface area contributed by atoms with E-state index in [1.54, 1.807) is 0 Å². The Kier molecular flexibility index (Phi) is 8.68. The number of amides is 1. The Bertz CT molecular complexity index is 401. The molecular weight excluding hydrogens is 280 g/mol. The molecule has 6 nitrogen and oxygen atoms in total. The van der Waals surface area contributed by atoms with E-state index in [0.29, 0.717) is 24.1 Å². The third-order valence-electron chi connectivity index (χ3n) is 3.20. The molecule has 0 aromatic carbocycles. The zero-order valence-corrected chi connectivity index (χ0v) is 13.3. The van der Waals surface area contributed by atoms with E-state index in [1.807, 2.05) is 0 Å². The summed E-state index contributed by atoms with van der Waals surface area (Å²) in [5, 5.41) is 2.79. The SMILES string of the molecule is C=CC(=O)NC[N+](CCC)(CCC)CCCS(=O)(=O)O. The molecule has 20 heavy (non-hydrogen) atoms. The maximum absolute atomic E-state index is 11.3. The van der Waals surface area contributed by atoms with Crippen molar-refractivity contribution in [1.29, 1.82) is 0 Å². The molecule has 0 saturated heterocycles. The Morgan fingerprint density at radius 3 is 2.20 bits per heavy atom. The average molecular weight is 307 g/mol. The van der Waals surface area contributed by atoms with Gasteiger partial charge < -0.3 is 9.80 Å². The first kappa shape index (κ1) is 19.1. The Morgan fingerprint density at radius 1 is 1.25 bits per heavy atom. The predicted octanol–water partition coefficient (Wildman–Crippen LogP) is 1.16. The van der Waals surface area contributed by atoms with E-state index in [-0.39, 0.29) is 11.7 Å². The van der Waals surface area contributed by atoms with Gasteiger partial charge in [0.15, 0.2) is 6.67 Å². The summed E-state index contributed by atoms with van der Waals surface area (Å²) in [5.74, 6) is -0.468. The van der Waals surface area contributed by atoms with Crippen LogP contribution in [0.25, 0.3) is 0 Å². The molecule has 0 heterocycles. The van der Waals surface area contributed by atoms with E-state index in [9.17, 15) is 13.2 Å². The van der Waals surface area contributed by atoms with Crippen molar-refractivity contribution in [3.05, 3.63) is 12.7 Å². The van der Waals surface area contributed by atoms with Gasteiger partial charge in [0.1, 0.15) is 0 Å². The van der Waals surface area contributed by atoms with Gasteiger partial charge in [-0.15, -0.1) is 0 Å². The molecule has 0 aromatic rings. The van der Waals surface area contributed by atoms with Gasteiger partial charge in [-0.3, -0.25) is 9.35 Å². The highest BCUT2D eigenvalue weighted by Crippen LogP contribution is 2.11. The van der Waals surface area contributed by atoms with Gasteiger partial charge in [-0.2, -0.15) is 8.42 Å². The van der Waals surface area contributed by atoms with Crippen molar-refractivity contribution in [2.45, 2.75) is 33.1 Å². The van der Waals surface area contributed by atoms with E-state index >= 15 is 0 Å². The third kappa shape index (κ3) is 8.29. The van der Waals surface area contributed by atoms with Crippen LogP contribution in [0, 0.1) is 0 Å². The first-order chi connectivity index (χ1) is 9.28. The summed E-state index contributed by atoms with van der Waals surface area (Å²) in [6, 6.07) is 0. The van der Waals surface area contributed by atoms with Gasteiger partial charge in [-0.1, -0.05) is 20.4 Å². The second-order valence-electron chi connectivity index (χ2n) is 5.06. The molecule has 0 rings (SSSR count). The Labute approximate surface area is 122 Å². The van der Waals surface area contributed by atoms with Gasteiger partial charge in [0.25, 0.3) is 10.1 Å². The number of rotatable bonds is 11. The Hall–Kier alpha value is -0.920. The quantitative estimate of drug-likeness (QED) is 0.260. The lowest BCUT2D eigenvalue weighted by molar-refractivity contribution is -0.930. The fourth-order valence-corrected chi connectivity index (χ4v) is 2.92. The average Bonchev–Trinajstić information content (AvgIpc) is 2.35. The Morgan fingerprint density at radius 2 is 1.80 bits per heavy atom. The summed E-state index contributed by atoms with van der Waals surface area (Å²) in [7, 11) is -3.93. The van der Waals surface area contributed by atoms with E-state index in [0.717, 1.165) is 25.9 Å². The molecule has 2 N–H and O–H groups in total. The van der Waals surface area contributed by atoms with Crippen LogP contribution < -0.4 is 5.32 Å². The van der Waals surface area contributed by atoms with E-state index in [4.69, 9.17) is 4.55 Å². The molecule has 0 saturated carbocycles. The minimum absolute atomic E-state index is 0.227. The smallest absolute Gasteiger partial charge is 0.265 e. The van der Waals surface area contributed by atoms with Crippen LogP contribution >= 0.6 is 0 Å². The highest BCUT2D eigenvalue weighted by Gasteiger charge is 2.26. The summed E-state index contributed by atoms with van der Waals surface area (Å²) in [4.78, 5) is 11.3. The first-order valence-corrected chi connectivity index (χ1v) is 8.60. The first-order valence-electron chi connectivity index (χ1n) is 6.99. The fraction of sp³-hybridized carbons (Fsp3) is 0.769. The molecule has 0 radical (unpaired) electrons. The van der Waals surface area contributed by atoms with Crippen molar-refractivity contribution in [3.63, 3.8) is 0 Å². The minimum Gasteiger partial charge on any atom is -0.307 e. The summed E-state index contributed by atoms with van der Waals surface area (Å²) in [5.41, 5.74) is 0. The lowest BCUT2D eigenvalue weighted by Crippen LogP contribution is -2.55. The van der Waals surface area contributed by atoms with Gasteiger partial charge in [0.05, 0.1) is 25.4 Å². The van der Waals surface area contributed by atoms with Crippen LogP contribution in [-0.4, -0.2) is 55.4 Å². The summed E-state index contributed by atoms with van der Waals surface area (Å²) < 4.78 is 31.1. The van der Waals surface area contributed by atoms with Crippen molar-refractivity contribution in [2.75, 3.05) is 32.1 Å². The van der Waals surface area contributed by atoms with Crippen LogP contribution in [0.4, 0.5) is 0 Å². The number of hydrogen-bond acceptors (Lipinski definition) is 3. The summed E-state index contributed by atoms with van der Waals surface area (Å²) in [6.07, 6.45) is 3.49. The van der Waals surface area contributed by atoms with Gasteiger partial charge in [0.2, 0.25) is 5.91 Å². The molecule has 0 fully saturated rings. The molecule has 0 spiro atoms. The number of quaternary nitrogens is 1. The molecule has 7 heteroatoms. The zero-order valence-electron chi connectivity index (χ0n) is 12.5. The zero-order chi connectivity index (χ0) is 15.6. The van der Waals surface area contributed by atoms with Crippen LogP contribution in [0.5, 0.6) is 0 Å². The Balaban J connectivity index is 4.72. The molecule has 0 atom stereocenters. The molecule has 0 aliphatic rings. The van der Waals surface area contributed by atoms with Crippen molar-refractivity contribution in [2.24, 2.45) is 0 Å². The van der Waals surface area contributed by atoms with Crippen molar-refractivity contribution < 1.29 is 22.2 Å². The van der Waals surface area contributed by atoms with Gasteiger partial charge in [-0.05, 0) is 18.9 Å². The molecule has 1 amide bonds. The topological polar surface area (TPSA) is 83.5 Å². The third-order valence-corrected chi connectivity index (χ3v) is 4.01. The van der Waals surface area contributed by atoms with Crippen LogP contribution in [0.3, 0.4) is 0 Å². The normalized spacial score (nSPS) is 12.2. The fourth-order valence-electron chi connectivity index (χ4n) is 2.42. The van der Waals surface area contributed by atoms with E-state index in [1.165, 1.54) is 6.08 Å². The summed E-state index contributed by atoms with van der Waals surface area (Å²) >= 11 is 0. The molecule has 0 unspecified atom stereocenters. The second kappa shape index (κ2) is 9.10. The molecule has 0 aromatic heterocycles. The van der Waals surface area contributed by atoms with E-state index < -0.39 is 10.1 Å². The second-order valence-corrected chi connectivity index (χ2v) is 6.63.